The molecule has 0 aliphatic carbocycles. The van der Waals surface area contributed by atoms with Gasteiger partial charge >= 0.3 is 0 Å². The Morgan fingerprint density at radius 1 is 1.50 bits per heavy atom. The second-order valence-corrected chi connectivity index (χ2v) is 5.10. The van der Waals surface area contributed by atoms with Gasteiger partial charge in [-0.3, -0.25) is 4.79 Å². The maximum absolute atomic E-state index is 13.9. The lowest BCUT2D eigenvalue weighted by Gasteiger charge is -2.10. The summed E-state index contributed by atoms with van der Waals surface area (Å²) in [5.41, 5.74) is 5.75. The second-order valence-electron chi connectivity index (χ2n) is 4.07. The van der Waals surface area contributed by atoms with E-state index in [2.05, 4.69) is 15.3 Å². The molecule has 0 atom stereocenters. The largest absolute Gasteiger partial charge is 0.383 e. The number of nitrogens with two attached hydrogens (primary N) is 1. The predicted molar refractivity (Wildman–Crippen MR) is 77.2 cm³/mol. The first kappa shape index (κ1) is 14.5. The van der Waals surface area contributed by atoms with E-state index in [1.807, 2.05) is 6.92 Å². The van der Waals surface area contributed by atoms with E-state index < -0.39 is 0 Å². The second kappa shape index (κ2) is 6.53. The molecule has 0 amide bonds. The zero-order valence-corrected chi connectivity index (χ0v) is 11.8. The van der Waals surface area contributed by atoms with Crippen LogP contribution in [0.2, 0.25) is 0 Å². The van der Waals surface area contributed by atoms with Gasteiger partial charge in [-0.25, -0.2) is 9.37 Å². The van der Waals surface area contributed by atoms with E-state index in [0.29, 0.717) is 22.2 Å². The minimum atomic E-state index is -0.329. The van der Waals surface area contributed by atoms with Crippen molar-refractivity contribution in [1.29, 1.82) is 0 Å². The quantitative estimate of drug-likeness (QED) is 0.732. The summed E-state index contributed by atoms with van der Waals surface area (Å²) in [7, 11) is 0. The Kier molecular flexibility index (Phi) is 4.75. The van der Waals surface area contributed by atoms with Gasteiger partial charge in [0.05, 0.1) is 0 Å². The first-order valence-electron chi connectivity index (χ1n) is 6.13. The molecular formula is C13H15FN4OS. The SMILES string of the molecule is CCNCc1c(F)cccc1Sc1nc(N)cc(=O)[nH]1. The molecule has 1 heterocycles. The summed E-state index contributed by atoms with van der Waals surface area (Å²) in [5, 5.41) is 3.43. The number of aromatic amines is 1. The Bertz CT molecular complexity index is 659. The lowest BCUT2D eigenvalue weighted by molar-refractivity contribution is 0.585. The van der Waals surface area contributed by atoms with Crippen molar-refractivity contribution >= 4 is 17.6 Å². The number of hydrogen-bond donors (Lipinski definition) is 3. The van der Waals surface area contributed by atoms with Crippen molar-refractivity contribution in [2.75, 3.05) is 12.3 Å². The number of halogens is 1. The average Bonchev–Trinajstić information content (AvgIpc) is 2.37. The average molecular weight is 294 g/mol. The number of anilines is 1. The van der Waals surface area contributed by atoms with E-state index in [1.165, 1.54) is 23.9 Å². The van der Waals surface area contributed by atoms with Crippen molar-refractivity contribution in [3.05, 3.63) is 46.0 Å². The summed E-state index contributed by atoms with van der Waals surface area (Å²) >= 11 is 1.18. The molecule has 1 aromatic heterocycles. The monoisotopic (exact) mass is 294 g/mol. The van der Waals surface area contributed by atoms with Crippen molar-refractivity contribution in [2.24, 2.45) is 0 Å². The molecule has 0 aliphatic heterocycles. The van der Waals surface area contributed by atoms with Gasteiger partial charge in [0.1, 0.15) is 11.6 Å². The molecule has 0 aliphatic rings. The Balaban J connectivity index is 2.32. The van der Waals surface area contributed by atoms with Crippen LogP contribution in [-0.4, -0.2) is 16.5 Å². The minimum Gasteiger partial charge on any atom is -0.383 e. The van der Waals surface area contributed by atoms with E-state index >= 15 is 0 Å². The number of hydrogen-bond acceptors (Lipinski definition) is 5. The van der Waals surface area contributed by atoms with E-state index in [4.69, 9.17) is 5.73 Å². The highest BCUT2D eigenvalue weighted by Gasteiger charge is 2.11. The van der Waals surface area contributed by atoms with Crippen LogP contribution < -0.4 is 16.6 Å². The number of nitrogens with zero attached hydrogens (tertiary/aromatic N) is 1. The van der Waals surface area contributed by atoms with Gasteiger partial charge in [-0.05, 0) is 18.7 Å². The highest BCUT2D eigenvalue weighted by atomic mass is 32.2. The van der Waals surface area contributed by atoms with Gasteiger partial charge in [-0.2, -0.15) is 0 Å². The van der Waals surface area contributed by atoms with Crippen LogP contribution in [-0.2, 0) is 6.54 Å². The number of benzene rings is 1. The van der Waals surface area contributed by atoms with Gasteiger partial charge in [0.2, 0.25) is 0 Å². The maximum Gasteiger partial charge on any atom is 0.253 e. The van der Waals surface area contributed by atoms with Crippen LogP contribution in [0.25, 0.3) is 0 Å². The summed E-state index contributed by atoms with van der Waals surface area (Å²) in [5.74, 6) is -0.150. The molecule has 5 nitrogen and oxygen atoms in total. The third-order valence-corrected chi connectivity index (χ3v) is 3.56. The van der Waals surface area contributed by atoms with Crippen molar-refractivity contribution in [1.82, 2.24) is 15.3 Å². The number of H-pyrrole nitrogens is 1. The summed E-state index contributed by atoms with van der Waals surface area (Å²) in [6, 6.07) is 6.02. The number of aromatic nitrogens is 2. The molecule has 0 spiro atoms. The van der Waals surface area contributed by atoms with E-state index in [1.54, 1.807) is 12.1 Å². The van der Waals surface area contributed by atoms with Gasteiger partial charge in [0.25, 0.3) is 5.56 Å². The topological polar surface area (TPSA) is 83.8 Å². The highest BCUT2D eigenvalue weighted by molar-refractivity contribution is 7.99. The number of nitrogens with one attached hydrogen (secondary N) is 2. The van der Waals surface area contributed by atoms with Crippen LogP contribution >= 0.6 is 11.8 Å². The smallest absolute Gasteiger partial charge is 0.253 e. The van der Waals surface area contributed by atoms with E-state index in [9.17, 15) is 9.18 Å². The first-order chi connectivity index (χ1) is 9.60. The van der Waals surface area contributed by atoms with Crippen LogP contribution in [0.3, 0.4) is 0 Å². The summed E-state index contributed by atoms with van der Waals surface area (Å²) < 4.78 is 13.9. The van der Waals surface area contributed by atoms with Gasteiger partial charge < -0.3 is 16.0 Å². The first-order valence-corrected chi connectivity index (χ1v) is 6.94. The van der Waals surface area contributed by atoms with Crippen LogP contribution in [0.15, 0.2) is 39.1 Å². The number of nitrogen functional groups attached to an aromatic ring is 1. The predicted octanol–water partition coefficient (Wildman–Crippen LogP) is 1.75. The summed E-state index contributed by atoms with van der Waals surface area (Å²) in [6.07, 6.45) is 0. The van der Waals surface area contributed by atoms with E-state index in [0.717, 1.165) is 6.54 Å². The number of rotatable bonds is 5. The Morgan fingerprint density at radius 3 is 3.00 bits per heavy atom. The minimum absolute atomic E-state index is 0.140. The van der Waals surface area contributed by atoms with Gasteiger partial charge in [0, 0.05) is 23.1 Å². The molecule has 20 heavy (non-hydrogen) atoms. The fourth-order valence-corrected chi connectivity index (χ4v) is 2.61. The molecule has 0 radical (unpaired) electrons. The van der Waals surface area contributed by atoms with Crippen molar-refractivity contribution in [3.63, 3.8) is 0 Å². The Morgan fingerprint density at radius 2 is 2.30 bits per heavy atom. The van der Waals surface area contributed by atoms with Gasteiger partial charge in [-0.1, -0.05) is 24.8 Å². The molecule has 0 saturated heterocycles. The van der Waals surface area contributed by atoms with Crippen LogP contribution in [0, 0.1) is 5.82 Å². The lowest BCUT2D eigenvalue weighted by atomic mass is 10.2. The molecular weight excluding hydrogens is 279 g/mol. The van der Waals surface area contributed by atoms with Crippen molar-refractivity contribution < 1.29 is 4.39 Å². The highest BCUT2D eigenvalue weighted by Crippen LogP contribution is 2.29. The maximum atomic E-state index is 13.9. The lowest BCUT2D eigenvalue weighted by Crippen LogP contribution is -2.14. The third-order valence-electron chi connectivity index (χ3n) is 2.57. The van der Waals surface area contributed by atoms with Gasteiger partial charge in [0.15, 0.2) is 5.16 Å². The molecule has 2 aromatic rings. The van der Waals surface area contributed by atoms with Gasteiger partial charge in [-0.15, -0.1) is 0 Å². The van der Waals surface area contributed by atoms with Crippen LogP contribution in [0.1, 0.15) is 12.5 Å². The molecule has 4 N–H and O–H groups in total. The third kappa shape index (κ3) is 3.58. The zero-order chi connectivity index (χ0) is 14.5. The van der Waals surface area contributed by atoms with Crippen LogP contribution in [0.5, 0.6) is 0 Å². The molecule has 0 saturated carbocycles. The molecule has 0 bridgehead atoms. The van der Waals surface area contributed by atoms with E-state index in [-0.39, 0.29) is 17.2 Å². The fourth-order valence-electron chi connectivity index (χ4n) is 1.66. The van der Waals surface area contributed by atoms with Crippen LogP contribution in [0.4, 0.5) is 10.2 Å². The molecule has 106 valence electrons. The molecule has 0 fully saturated rings. The Labute approximate surface area is 119 Å². The molecule has 7 heteroatoms. The standard InChI is InChI=1S/C13H15FN4OS/c1-2-16-7-8-9(14)4-3-5-10(8)20-13-17-11(15)6-12(19)18-13/h3-6,16H,2,7H2,1H3,(H3,15,17,18,19). The molecule has 2 rings (SSSR count). The Hall–Kier alpha value is -1.86. The fraction of sp³-hybridized carbons (Fsp3) is 0.231. The molecule has 0 unspecified atom stereocenters. The zero-order valence-electron chi connectivity index (χ0n) is 10.9. The van der Waals surface area contributed by atoms with Crippen molar-refractivity contribution in [3.8, 4) is 0 Å². The summed E-state index contributed by atoms with van der Waals surface area (Å²) in [6.45, 7) is 3.11. The summed E-state index contributed by atoms with van der Waals surface area (Å²) in [4.78, 5) is 18.6. The normalized spacial score (nSPS) is 10.7. The molecule has 1 aromatic carbocycles. The van der Waals surface area contributed by atoms with Crippen molar-refractivity contribution in [2.45, 2.75) is 23.5 Å².